The number of piperidine rings is 1. The molecule has 0 aliphatic carbocycles. The Morgan fingerprint density at radius 3 is 2.61 bits per heavy atom. The van der Waals surface area contributed by atoms with Gasteiger partial charge in [-0.1, -0.05) is 6.07 Å². The monoisotopic (exact) mass is 338 g/mol. The van der Waals surface area contributed by atoms with Crippen molar-refractivity contribution in [2.45, 2.75) is 18.9 Å². The van der Waals surface area contributed by atoms with Crippen LogP contribution in [-0.4, -0.2) is 62.5 Å². The number of likely N-dealkylation sites (tertiary alicyclic amines) is 1. The van der Waals surface area contributed by atoms with Crippen molar-refractivity contribution >= 4 is 23.3 Å². The molecule has 0 radical (unpaired) electrons. The summed E-state index contributed by atoms with van der Waals surface area (Å²) in [6, 6.07) is 4.27. The SMILES string of the molecule is CNC(=O)C1CCN(C(=O)NC[C@H](c2cccs2)N(C)C)CC1. The Morgan fingerprint density at radius 2 is 2.09 bits per heavy atom. The molecule has 0 saturated carbocycles. The topological polar surface area (TPSA) is 64.7 Å². The third-order valence-corrected chi connectivity index (χ3v) is 5.31. The first kappa shape index (κ1) is 17.7. The number of thiophene rings is 1. The van der Waals surface area contributed by atoms with Crippen molar-refractivity contribution in [3.63, 3.8) is 0 Å². The first-order valence-electron chi connectivity index (χ1n) is 7.97. The maximum atomic E-state index is 12.3. The summed E-state index contributed by atoms with van der Waals surface area (Å²) in [5.74, 6) is 0.111. The van der Waals surface area contributed by atoms with Gasteiger partial charge in [-0.2, -0.15) is 0 Å². The minimum atomic E-state index is -0.0382. The molecule has 23 heavy (non-hydrogen) atoms. The van der Waals surface area contributed by atoms with E-state index in [1.807, 2.05) is 20.2 Å². The zero-order valence-corrected chi connectivity index (χ0v) is 14.9. The van der Waals surface area contributed by atoms with Crippen LogP contribution in [0.4, 0.5) is 4.79 Å². The number of carbonyl (C=O) groups excluding carboxylic acids is 2. The molecule has 1 saturated heterocycles. The molecule has 0 spiro atoms. The summed E-state index contributed by atoms with van der Waals surface area (Å²) in [4.78, 5) is 29.1. The van der Waals surface area contributed by atoms with Crippen molar-refractivity contribution in [3.05, 3.63) is 22.4 Å². The molecule has 2 N–H and O–H groups in total. The van der Waals surface area contributed by atoms with E-state index in [4.69, 9.17) is 0 Å². The molecular weight excluding hydrogens is 312 g/mol. The second kappa shape index (κ2) is 8.31. The highest BCUT2D eigenvalue weighted by atomic mass is 32.1. The van der Waals surface area contributed by atoms with Gasteiger partial charge >= 0.3 is 6.03 Å². The van der Waals surface area contributed by atoms with Crippen LogP contribution in [0.25, 0.3) is 0 Å². The van der Waals surface area contributed by atoms with Crippen LogP contribution in [-0.2, 0) is 4.79 Å². The van der Waals surface area contributed by atoms with Crippen LogP contribution in [0.2, 0.25) is 0 Å². The van der Waals surface area contributed by atoms with Crippen molar-refractivity contribution in [3.8, 4) is 0 Å². The highest BCUT2D eigenvalue weighted by Crippen LogP contribution is 2.22. The fraction of sp³-hybridized carbons (Fsp3) is 0.625. The van der Waals surface area contributed by atoms with Gasteiger partial charge in [0.05, 0.1) is 6.04 Å². The van der Waals surface area contributed by atoms with Crippen molar-refractivity contribution in [1.29, 1.82) is 0 Å². The Balaban J connectivity index is 1.82. The largest absolute Gasteiger partial charge is 0.359 e. The predicted molar refractivity (Wildman–Crippen MR) is 92.5 cm³/mol. The number of amides is 3. The number of carbonyl (C=O) groups is 2. The standard InChI is InChI=1S/C16H26N4O2S/c1-17-15(21)12-6-8-20(9-7-12)16(22)18-11-13(19(2)3)14-5-4-10-23-14/h4-5,10,12-13H,6-9,11H2,1-3H3,(H,17,21)(H,18,22)/t13-/m1/s1. The van der Waals surface area contributed by atoms with Crippen LogP contribution < -0.4 is 10.6 Å². The molecule has 0 bridgehead atoms. The Bertz CT molecular complexity index is 510. The predicted octanol–water partition coefficient (Wildman–Crippen LogP) is 1.52. The van der Waals surface area contributed by atoms with Crippen LogP contribution in [0, 0.1) is 5.92 Å². The quantitative estimate of drug-likeness (QED) is 0.855. The molecule has 1 fully saturated rings. The summed E-state index contributed by atoms with van der Waals surface area (Å²) >= 11 is 1.70. The summed E-state index contributed by atoms with van der Waals surface area (Å²) in [7, 11) is 5.70. The second-order valence-corrected chi connectivity index (χ2v) is 7.04. The lowest BCUT2D eigenvalue weighted by Gasteiger charge is -2.32. The number of nitrogens with one attached hydrogen (secondary N) is 2. The molecular formula is C16H26N4O2S. The van der Waals surface area contributed by atoms with Gasteiger partial charge in [-0.3, -0.25) is 4.79 Å². The molecule has 7 heteroatoms. The van der Waals surface area contributed by atoms with Crippen LogP contribution in [0.3, 0.4) is 0 Å². The summed E-state index contributed by atoms with van der Waals surface area (Å²) < 4.78 is 0. The summed E-state index contributed by atoms with van der Waals surface area (Å²) in [5, 5.41) is 7.77. The van der Waals surface area contributed by atoms with Crippen molar-refractivity contribution in [2.24, 2.45) is 5.92 Å². The van der Waals surface area contributed by atoms with Crippen molar-refractivity contribution < 1.29 is 9.59 Å². The zero-order chi connectivity index (χ0) is 16.8. The minimum Gasteiger partial charge on any atom is -0.359 e. The van der Waals surface area contributed by atoms with Gasteiger partial charge in [-0.15, -0.1) is 11.3 Å². The molecule has 6 nitrogen and oxygen atoms in total. The molecule has 1 aromatic rings. The second-order valence-electron chi connectivity index (χ2n) is 6.06. The normalized spacial score (nSPS) is 17.1. The van der Waals surface area contributed by atoms with E-state index in [1.54, 1.807) is 23.3 Å². The van der Waals surface area contributed by atoms with E-state index in [-0.39, 0.29) is 23.9 Å². The number of urea groups is 1. The molecule has 128 valence electrons. The highest BCUT2D eigenvalue weighted by molar-refractivity contribution is 7.10. The maximum Gasteiger partial charge on any atom is 0.317 e. The highest BCUT2D eigenvalue weighted by Gasteiger charge is 2.27. The zero-order valence-electron chi connectivity index (χ0n) is 14.0. The number of rotatable bonds is 5. The Labute approximate surface area is 141 Å². The van der Waals surface area contributed by atoms with Crippen LogP contribution in [0.5, 0.6) is 0 Å². The van der Waals surface area contributed by atoms with E-state index in [0.29, 0.717) is 19.6 Å². The van der Waals surface area contributed by atoms with Gasteiger partial charge in [0.2, 0.25) is 5.91 Å². The average Bonchev–Trinajstić information content (AvgIpc) is 3.08. The van der Waals surface area contributed by atoms with E-state index >= 15 is 0 Å². The van der Waals surface area contributed by atoms with E-state index in [1.165, 1.54) is 4.88 Å². The van der Waals surface area contributed by atoms with Crippen LogP contribution in [0.1, 0.15) is 23.8 Å². The van der Waals surface area contributed by atoms with Gasteiger partial charge in [-0.05, 0) is 38.4 Å². The Hall–Kier alpha value is -1.60. The smallest absolute Gasteiger partial charge is 0.317 e. The van der Waals surface area contributed by atoms with E-state index in [9.17, 15) is 9.59 Å². The summed E-state index contributed by atoms with van der Waals surface area (Å²) in [6.07, 6.45) is 1.46. The molecule has 1 aliphatic heterocycles. The number of likely N-dealkylation sites (N-methyl/N-ethyl adjacent to an activating group) is 1. The molecule has 1 atom stereocenters. The van der Waals surface area contributed by atoms with E-state index in [2.05, 4.69) is 27.0 Å². The lowest BCUT2D eigenvalue weighted by molar-refractivity contribution is -0.125. The minimum absolute atomic E-state index is 0.0321. The molecule has 1 aromatic heterocycles. The maximum absolute atomic E-state index is 12.3. The molecule has 2 rings (SSSR count). The molecule has 0 unspecified atom stereocenters. The fourth-order valence-corrected chi connectivity index (χ4v) is 3.79. The molecule has 2 heterocycles. The number of hydrogen-bond donors (Lipinski definition) is 2. The van der Waals surface area contributed by atoms with Crippen molar-refractivity contribution in [2.75, 3.05) is 40.8 Å². The summed E-state index contributed by atoms with van der Waals surface area (Å²) in [5.41, 5.74) is 0. The number of hydrogen-bond acceptors (Lipinski definition) is 4. The van der Waals surface area contributed by atoms with Gasteiger partial charge in [0.1, 0.15) is 0 Å². The van der Waals surface area contributed by atoms with Gasteiger partial charge < -0.3 is 20.4 Å². The van der Waals surface area contributed by atoms with Gasteiger partial charge in [0, 0.05) is 37.5 Å². The van der Waals surface area contributed by atoms with E-state index < -0.39 is 0 Å². The third-order valence-electron chi connectivity index (χ3n) is 4.34. The average molecular weight is 338 g/mol. The number of nitrogens with zero attached hydrogens (tertiary/aromatic N) is 2. The van der Waals surface area contributed by atoms with Gasteiger partial charge in [0.15, 0.2) is 0 Å². The first-order valence-corrected chi connectivity index (χ1v) is 8.85. The van der Waals surface area contributed by atoms with Crippen molar-refractivity contribution in [1.82, 2.24) is 20.4 Å². The lowest BCUT2D eigenvalue weighted by atomic mass is 9.96. The van der Waals surface area contributed by atoms with E-state index in [0.717, 1.165) is 12.8 Å². The van der Waals surface area contributed by atoms with Gasteiger partial charge in [-0.25, -0.2) is 4.79 Å². The third kappa shape index (κ3) is 4.68. The first-order chi connectivity index (χ1) is 11.0. The van der Waals surface area contributed by atoms with Gasteiger partial charge in [0.25, 0.3) is 0 Å². The summed E-state index contributed by atoms with van der Waals surface area (Å²) in [6.45, 7) is 1.85. The molecule has 0 aromatic carbocycles. The molecule has 1 aliphatic rings. The lowest BCUT2D eigenvalue weighted by Crippen LogP contribution is -2.48. The van der Waals surface area contributed by atoms with Crippen LogP contribution in [0.15, 0.2) is 17.5 Å². The fourth-order valence-electron chi connectivity index (χ4n) is 2.86. The van der Waals surface area contributed by atoms with Crippen LogP contribution >= 0.6 is 11.3 Å². The Kier molecular flexibility index (Phi) is 6.41. The molecule has 3 amide bonds. The Morgan fingerprint density at radius 1 is 1.39 bits per heavy atom.